The fraction of sp³-hybridized carbons (Fsp3) is 0.933. The van der Waals surface area contributed by atoms with Crippen LogP contribution >= 0.6 is 0 Å². The molecule has 0 saturated carbocycles. The van der Waals surface area contributed by atoms with Gasteiger partial charge in [-0.2, -0.15) is 0 Å². The van der Waals surface area contributed by atoms with Crippen molar-refractivity contribution in [2.75, 3.05) is 13.2 Å². The van der Waals surface area contributed by atoms with Gasteiger partial charge in [0.15, 0.2) is 0 Å². The Balaban J connectivity index is 2.37. The fourth-order valence-corrected chi connectivity index (χ4v) is 3.48. The largest absolute Gasteiger partial charge is 0.394 e. The third kappa shape index (κ3) is 6.20. The first-order valence-electron chi connectivity index (χ1n) is 7.48. The zero-order valence-electron chi connectivity index (χ0n) is 13.2. The van der Waals surface area contributed by atoms with Gasteiger partial charge >= 0.3 is 0 Å². The molecule has 118 valence electrons. The van der Waals surface area contributed by atoms with E-state index in [-0.39, 0.29) is 23.6 Å². The summed E-state index contributed by atoms with van der Waals surface area (Å²) in [6, 6.07) is 0. The third-order valence-electron chi connectivity index (χ3n) is 3.76. The Bertz CT molecular complexity index is 313. The number of carbonyl (C=O) groups is 1. The van der Waals surface area contributed by atoms with Crippen molar-refractivity contribution in [3.05, 3.63) is 0 Å². The molecule has 0 aromatic heterocycles. The molecule has 1 heterocycles. The van der Waals surface area contributed by atoms with E-state index < -0.39 is 6.10 Å². The lowest BCUT2D eigenvalue weighted by molar-refractivity contribution is -0.122. The SMILES string of the molecule is CC1(C)CC(CC(=O)NCC[C@@H](O)CO)CC(C)(C)N1. The van der Waals surface area contributed by atoms with E-state index in [1.807, 2.05) is 0 Å². The van der Waals surface area contributed by atoms with Gasteiger partial charge in [0.2, 0.25) is 5.91 Å². The summed E-state index contributed by atoms with van der Waals surface area (Å²) in [7, 11) is 0. The lowest BCUT2D eigenvalue weighted by Gasteiger charge is -2.46. The lowest BCUT2D eigenvalue weighted by atomic mass is 9.74. The van der Waals surface area contributed by atoms with E-state index >= 15 is 0 Å². The maximum Gasteiger partial charge on any atom is 0.220 e. The highest BCUT2D eigenvalue weighted by Gasteiger charge is 2.38. The first-order valence-corrected chi connectivity index (χ1v) is 7.48. The van der Waals surface area contributed by atoms with Gasteiger partial charge in [-0.05, 0) is 52.9 Å². The van der Waals surface area contributed by atoms with Gasteiger partial charge in [-0.15, -0.1) is 0 Å². The number of hydrogen-bond donors (Lipinski definition) is 4. The monoisotopic (exact) mass is 286 g/mol. The van der Waals surface area contributed by atoms with Crippen LogP contribution in [0.15, 0.2) is 0 Å². The van der Waals surface area contributed by atoms with Crippen LogP contribution in [0.25, 0.3) is 0 Å². The van der Waals surface area contributed by atoms with Crippen molar-refractivity contribution < 1.29 is 15.0 Å². The molecule has 1 aliphatic rings. The zero-order valence-corrected chi connectivity index (χ0v) is 13.2. The summed E-state index contributed by atoms with van der Waals surface area (Å²) in [5.41, 5.74) is 0.111. The van der Waals surface area contributed by atoms with E-state index in [9.17, 15) is 9.90 Å². The summed E-state index contributed by atoms with van der Waals surface area (Å²) in [4.78, 5) is 11.9. The summed E-state index contributed by atoms with van der Waals surface area (Å²) < 4.78 is 0. The Morgan fingerprint density at radius 1 is 1.30 bits per heavy atom. The second-order valence-electron chi connectivity index (χ2n) is 7.35. The van der Waals surface area contributed by atoms with Crippen molar-refractivity contribution in [2.45, 2.75) is 70.6 Å². The van der Waals surface area contributed by atoms with Crippen molar-refractivity contribution in [1.29, 1.82) is 0 Å². The predicted molar refractivity (Wildman–Crippen MR) is 79.4 cm³/mol. The van der Waals surface area contributed by atoms with Gasteiger partial charge in [0.25, 0.3) is 0 Å². The molecular formula is C15H30N2O3. The van der Waals surface area contributed by atoms with Crippen molar-refractivity contribution in [3.63, 3.8) is 0 Å². The highest BCUT2D eigenvalue weighted by atomic mass is 16.3. The average molecular weight is 286 g/mol. The molecule has 0 bridgehead atoms. The number of piperidine rings is 1. The summed E-state index contributed by atoms with van der Waals surface area (Å²) in [6.45, 7) is 8.87. The topological polar surface area (TPSA) is 81.6 Å². The van der Waals surface area contributed by atoms with Crippen molar-refractivity contribution >= 4 is 5.91 Å². The van der Waals surface area contributed by atoms with E-state index in [1.54, 1.807) is 0 Å². The summed E-state index contributed by atoms with van der Waals surface area (Å²) in [5.74, 6) is 0.414. The number of hydrogen-bond acceptors (Lipinski definition) is 4. The molecule has 4 N–H and O–H groups in total. The first-order chi connectivity index (χ1) is 9.13. The second kappa shape index (κ2) is 6.87. The molecule has 1 rings (SSSR count). The van der Waals surface area contributed by atoms with E-state index in [4.69, 9.17) is 5.11 Å². The molecule has 0 unspecified atom stereocenters. The fourth-order valence-electron chi connectivity index (χ4n) is 3.48. The number of nitrogens with one attached hydrogen (secondary N) is 2. The molecule has 1 saturated heterocycles. The van der Waals surface area contributed by atoms with Crippen molar-refractivity contribution in [1.82, 2.24) is 10.6 Å². The number of aliphatic hydroxyl groups is 2. The van der Waals surface area contributed by atoms with Gasteiger partial charge in [-0.1, -0.05) is 0 Å². The molecule has 0 aromatic carbocycles. The maximum absolute atomic E-state index is 11.9. The lowest BCUT2D eigenvalue weighted by Crippen LogP contribution is -2.58. The Kier molecular flexibility index (Phi) is 5.98. The normalized spacial score (nSPS) is 23.3. The minimum atomic E-state index is -0.743. The molecular weight excluding hydrogens is 256 g/mol. The van der Waals surface area contributed by atoms with Gasteiger partial charge in [0.1, 0.15) is 0 Å². The molecule has 20 heavy (non-hydrogen) atoms. The minimum absolute atomic E-state index is 0.0358. The van der Waals surface area contributed by atoms with Crippen LogP contribution in [0.5, 0.6) is 0 Å². The summed E-state index contributed by atoms with van der Waals surface area (Å²) in [5, 5.41) is 24.4. The minimum Gasteiger partial charge on any atom is -0.394 e. The molecule has 0 radical (unpaired) electrons. The average Bonchev–Trinajstić information content (AvgIpc) is 2.23. The molecule has 5 nitrogen and oxygen atoms in total. The number of amides is 1. The molecule has 1 fully saturated rings. The number of carbonyl (C=O) groups excluding carboxylic acids is 1. The Labute approximate surface area is 122 Å². The van der Waals surface area contributed by atoms with Crippen LogP contribution in [0, 0.1) is 5.92 Å². The Hall–Kier alpha value is -0.650. The van der Waals surface area contributed by atoms with Crippen LogP contribution in [0.1, 0.15) is 53.4 Å². The van der Waals surface area contributed by atoms with E-state index in [2.05, 4.69) is 38.3 Å². The molecule has 0 aromatic rings. The highest BCUT2D eigenvalue weighted by Crippen LogP contribution is 2.34. The van der Waals surface area contributed by atoms with E-state index in [0.29, 0.717) is 25.3 Å². The molecule has 5 heteroatoms. The summed E-state index contributed by atoms with van der Waals surface area (Å²) >= 11 is 0. The number of aliphatic hydroxyl groups excluding tert-OH is 2. The quantitative estimate of drug-likeness (QED) is 0.582. The van der Waals surface area contributed by atoms with Gasteiger partial charge in [-0.3, -0.25) is 4.79 Å². The number of rotatable bonds is 6. The third-order valence-corrected chi connectivity index (χ3v) is 3.76. The molecule has 0 aliphatic carbocycles. The van der Waals surface area contributed by atoms with Crippen LogP contribution < -0.4 is 10.6 Å². The molecule has 1 aliphatic heterocycles. The van der Waals surface area contributed by atoms with Gasteiger partial charge in [0, 0.05) is 24.0 Å². The Morgan fingerprint density at radius 2 is 1.85 bits per heavy atom. The predicted octanol–water partition coefficient (Wildman–Crippen LogP) is 0.793. The standard InChI is InChI=1S/C15H30N2O3/c1-14(2)8-11(9-15(3,4)17-14)7-13(20)16-6-5-12(19)10-18/h11-12,17-19H,5-10H2,1-4H3,(H,16,20)/t12-/m1/s1. The van der Waals surface area contributed by atoms with Crippen molar-refractivity contribution in [3.8, 4) is 0 Å². The van der Waals surface area contributed by atoms with Gasteiger partial charge < -0.3 is 20.8 Å². The van der Waals surface area contributed by atoms with E-state index in [1.165, 1.54) is 0 Å². The van der Waals surface area contributed by atoms with E-state index in [0.717, 1.165) is 12.8 Å². The van der Waals surface area contributed by atoms with Gasteiger partial charge in [-0.25, -0.2) is 0 Å². The molecule has 1 atom stereocenters. The van der Waals surface area contributed by atoms with Crippen LogP contribution in [0.3, 0.4) is 0 Å². The second-order valence-corrected chi connectivity index (χ2v) is 7.35. The summed E-state index contributed by atoms with van der Waals surface area (Å²) in [6.07, 6.45) is 2.16. The maximum atomic E-state index is 11.9. The highest BCUT2D eigenvalue weighted by molar-refractivity contribution is 5.76. The van der Waals surface area contributed by atoms with Crippen LogP contribution in [-0.2, 0) is 4.79 Å². The Morgan fingerprint density at radius 3 is 2.35 bits per heavy atom. The van der Waals surface area contributed by atoms with Crippen LogP contribution in [-0.4, -0.2) is 46.5 Å². The van der Waals surface area contributed by atoms with Crippen LogP contribution in [0.2, 0.25) is 0 Å². The van der Waals surface area contributed by atoms with Gasteiger partial charge in [0.05, 0.1) is 12.7 Å². The molecule has 0 spiro atoms. The molecule has 1 amide bonds. The smallest absolute Gasteiger partial charge is 0.220 e. The zero-order chi connectivity index (χ0) is 15.4. The van der Waals surface area contributed by atoms with Crippen LogP contribution in [0.4, 0.5) is 0 Å². The first kappa shape index (κ1) is 17.4. The van der Waals surface area contributed by atoms with Crippen molar-refractivity contribution in [2.24, 2.45) is 5.92 Å².